The van der Waals surface area contributed by atoms with E-state index < -0.39 is 9.84 Å². The van der Waals surface area contributed by atoms with Gasteiger partial charge in [0, 0.05) is 12.3 Å². The Kier molecular flexibility index (Phi) is 5.02. The first kappa shape index (κ1) is 17.0. The first-order chi connectivity index (χ1) is 10.8. The summed E-state index contributed by atoms with van der Waals surface area (Å²) in [6.45, 7) is 3.82. The third-order valence-electron chi connectivity index (χ3n) is 3.54. The molecule has 1 amide bonds. The van der Waals surface area contributed by atoms with Crippen molar-refractivity contribution in [2.45, 2.75) is 25.2 Å². The van der Waals surface area contributed by atoms with Crippen LogP contribution < -0.4 is 5.43 Å². The second-order valence-electron chi connectivity index (χ2n) is 5.50. The zero-order valence-electron chi connectivity index (χ0n) is 13.0. The predicted octanol–water partition coefficient (Wildman–Crippen LogP) is 2.01. The van der Waals surface area contributed by atoms with Crippen molar-refractivity contribution in [3.05, 3.63) is 35.4 Å². The van der Waals surface area contributed by atoms with Crippen LogP contribution >= 0.6 is 0 Å². The van der Waals surface area contributed by atoms with E-state index in [1.54, 1.807) is 12.1 Å². The van der Waals surface area contributed by atoms with E-state index in [0.29, 0.717) is 6.42 Å². The number of terminal acetylenes is 1. The molecule has 0 fully saturated rings. The molecule has 6 heteroatoms. The fourth-order valence-corrected chi connectivity index (χ4v) is 3.43. The van der Waals surface area contributed by atoms with Crippen molar-refractivity contribution in [2.24, 2.45) is 11.0 Å². The number of nitrogens with one attached hydrogen (secondary N) is 1. The predicted molar refractivity (Wildman–Crippen MR) is 90.3 cm³/mol. The molecular formula is C17H18N2O3S. The highest BCUT2D eigenvalue weighted by Crippen LogP contribution is 2.20. The van der Waals surface area contributed by atoms with Crippen molar-refractivity contribution in [3.63, 3.8) is 0 Å². The van der Waals surface area contributed by atoms with Gasteiger partial charge in [-0.15, -0.1) is 6.42 Å². The van der Waals surface area contributed by atoms with E-state index in [9.17, 15) is 13.2 Å². The molecule has 5 nitrogen and oxygen atoms in total. The zero-order valence-corrected chi connectivity index (χ0v) is 13.9. The normalized spacial score (nSPS) is 18.8. The molecule has 120 valence electrons. The summed E-state index contributed by atoms with van der Waals surface area (Å²) in [6, 6.07) is 6.60. The molecule has 1 heterocycles. The van der Waals surface area contributed by atoms with Crippen molar-refractivity contribution in [1.82, 2.24) is 5.43 Å². The summed E-state index contributed by atoms with van der Waals surface area (Å²) in [7, 11) is -3.46. The number of benzene rings is 1. The molecule has 0 saturated carbocycles. The maximum Gasteiger partial charge on any atom is 0.240 e. The van der Waals surface area contributed by atoms with E-state index in [-0.39, 0.29) is 22.5 Å². The molecule has 1 N–H and O–H groups in total. The standard InChI is InChI=1S/C17H18N2O3S/c1-4-8-23(21,22)15-7-5-6-14(11-15)9-12(2)17-13(3)10-16(20)18-19-17/h1,5-7,9,11,13H,8,10H2,2-3H3,(H,18,20). The molecule has 0 aliphatic carbocycles. The third-order valence-corrected chi connectivity index (χ3v) is 5.06. The summed E-state index contributed by atoms with van der Waals surface area (Å²) in [5.74, 6) is 1.76. The molecule has 2 rings (SSSR count). The maximum absolute atomic E-state index is 12.0. The van der Waals surface area contributed by atoms with E-state index >= 15 is 0 Å². The minimum Gasteiger partial charge on any atom is -0.273 e. The molecule has 0 bridgehead atoms. The molecule has 1 aliphatic rings. The molecule has 1 atom stereocenters. The minimum absolute atomic E-state index is 0.0216. The van der Waals surface area contributed by atoms with Crippen LogP contribution in [0.4, 0.5) is 0 Å². The van der Waals surface area contributed by atoms with Gasteiger partial charge in [-0.3, -0.25) is 4.79 Å². The fraction of sp³-hybridized carbons (Fsp3) is 0.294. The molecule has 0 radical (unpaired) electrons. The molecule has 0 spiro atoms. The number of hydrogen-bond acceptors (Lipinski definition) is 4. The van der Waals surface area contributed by atoms with Gasteiger partial charge in [-0.2, -0.15) is 5.10 Å². The molecule has 1 aromatic rings. The monoisotopic (exact) mass is 330 g/mol. The lowest BCUT2D eigenvalue weighted by atomic mass is 9.94. The Balaban J connectivity index is 2.33. The number of amides is 1. The summed E-state index contributed by atoms with van der Waals surface area (Å²) in [5.41, 5.74) is 4.89. The largest absolute Gasteiger partial charge is 0.273 e. The van der Waals surface area contributed by atoms with Crippen LogP contribution in [0.3, 0.4) is 0 Å². The second kappa shape index (κ2) is 6.80. The highest BCUT2D eigenvalue weighted by molar-refractivity contribution is 7.91. The summed E-state index contributed by atoms with van der Waals surface area (Å²) < 4.78 is 24.1. The summed E-state index contributed by atoms with van der Waals surface area (Å²) >= 11 is 0. The van der Waals surface area contributed by atoms with E-state index in [4.69, 9.17) is 6.42 Å². The molecule has 0 saturated heterocycles. The van der Waals surface area contributed by atoms with E-state index in [0.717, 1.165) is 16.8 Å². The number of carbonyl (C=O) groups is 1. The second-order valence-corrected chi connectivity index (χ2v) is 7.49. The maximum atomic E-state index is 12.0. The van der Waals surface area contributed by atoms with Crippen LogP contribution in [-0.2, 0) is 14.6 Å². The third kappa shape index (κ3) is 4.08. The van der Waals surface area contributed by atoms with Crippen molar-refractivity contribution in [3.8, 4) is 12.3 Å². The number of allylic oxidation sites excluding steroid dienone is 1. The number of nitrogens with zero attached hydrogens (tertiary/aromatic N) is 1. The van der Waals surface area contributed by atoms with Crippen molar-refractivity contribution < 1.29 is 13.2 Å². The lowest BCUT2D eigenvalue weighted by molar-refractivity contribution is -0.121. The highest BCUT2D eigenvalue weighted by Gasteiger charge is 2.21. The molecule has 23 heavy (non-hydrogen) atoms. The SMILES string of the molecule is C#CCS(=O)(=O)c1cccc(C=C(C)C2=NNC(=O)CC2C)c1. The van der Waals surface area contributed by atoms with Crippen LogP contribution in [0.2, 0.25) is 0 Å². The molecule has 0 aromatic heterocycles. The number of hydrazone groups is 1. The fourth-order valence-electron chi connectivity index (χ4n) is 2.44. The smallest absolute Gasteiger partial charge is 0.240 e. The van der Waals surface area contributed by atoms with Crippen LogP contribution in [-0.4, -0.2) is 25.8 Å². The van der Waals surface area contributed by atoms with Crippen molar-refractivity contribution >= 4 is 27.5 Å². The average molecular weight is 330 g/mol. The quantitative estimate of drug-likeness (QED) is 0.858. The van der Waals surface area contributed by atoms with Crippen LogP contribution in [0, 0.1) is 18.3 Å². The Morgan fingerprint density at radius 2 is 2.26 bits per heavy atom. The summed E-state index contributed by atoms with van der Waals surface area (Å²) in [4.78, 5) is 11.5. The zero-order chi connectivity index (χ0) is 17.0. The van der Waals surface area contributed by atoms with Gasteiger partial charge in [0.15, 0.2) is 9.84 Å². The van der Waals surface area contributed by atoms with Crippen LogP contribution in [0.1, 0.15) is 25.8 Å². The van der Waals surface area contributed by atoms with Gasteiger partial charge in [0.25, 0.3) is 0 Å². The molecule has 1 aliphatic heterocycles. The first-order valence-corrected chi connectivity index (χ1v) is 8.80. The van der Waals surface area contributed by atoms with E-state index in [1.807, 2.05) is 26.0 Å². The summed E-state index contributed by atoms with van der Waals surface area (Å²) in [5, 5.41) is 4.09. The first-order valence-electron chi connectivity index (χ1n) is 7.15. The van der Waals surface area contributed by atoms with Crippen molar-refractivity contribution in [1.29, 1.82) is 0 Å². The number of hydrogen-bond donors (Lipinski definition) is 1. The Morgan fingerprint density at radius 3 is 2.91 bits per heavy atom. The Hall–Kier alpha value is -2.39. The molecular weight excluding hydrogens is 312 g/mol. The number of sulfone groups is 1. The highest BCUT2D eigenvalue weighted by atomic mass is 32.2. The van der Waals surface area contributed by atoms with Crippen LogP contribution in [0.25, 0.3) is 6.08 Å². The van der Waals surface area contributed by atoms with Gasteiger partial charge < -0.3 is 0 Å². The lowest BCUT2D eigenvalue weighted by Gasteiger charge is -2.19. The molecule has 1 aromatic carbocycles. The Labute approximate surface area is 136 Å². The van der Waals surface area contributed by atoms with E-state index in [2.05, 4.69) is 16.4 Å². The van der Waals surface area contributed by atoms with Gasteiger partial charge in [-0.05, 0) is 30.2 Å². The Bertz CT molecular complexity index is 830. The van der Waals surface area contributed by atoms with Gasteiger partial charge >= 0.3 is 0 Å². The van der Waals surface area contributed by atoms with Crippen molar-refractivity contribution in [2.75, 3.05) is 5.75 Å². The van der Waals surface area contributed by atoms with Gasteiger partial charge in [-0.25, -0.2) is 13.8 Å². The van der Waals surface area contributed by atoms with Gasteiger partial charge in [0.05, 0.1) is 10.6 Å². The minimum atomic E-state index is -3.46. The van der Waals surface area contributed by atoms with Crippen LogP contribution in [0.5, 0.6) is 0 Å². The lowest BCUT2D eigenvalue weighted by Crippen LogP contribution is -2.31. The van der Waals surface area contributed by atoms with Crippen LogP contribution in [0.15, 0.2) is 39.8 Å². The van der Waals surface area contributed by atoms with Gasteiger partial charge in [0.1, 0.15) is 5.75 Å². The Morgan fingerprint density at radius 1 is 1.52 bits per heavy atom. The summed E-state index contributed by atoms with van der Waals surface area (Å²) in [6.07, 6.45) is 7.34. The molecule has 1 unspecified atom stereocenters. The number of carbonyl (C=O) groups excluding carboxylic acids is 1. The average Bonchev–Trinajstić information content (AvgIpc) is 2.47. The topological polar surface area (TPSA) is 75.6 Å². The van der Waals surface area contributed by atoms with Gasteiger partial charge in [-0.1, -0.05) is 31.1 Å². The van der Waals surface area contributed by atoms with Gasteiger partial charge in [0.2, 0.25) is 5.91 Å². The van der Waals surface area contributed by atoms with E-state index in [1.165, 1.54) is 6.07 Å². The number of rotatable bonds is 4.